The zero-order valence-corrected chi connectivity index (χ0v) is 8.63. The molecule has 0 aromatic heterocycles. The number of hydrogen-bond acceptors (Lipinski definition) is 3. The Morgan fingerprint density at radius 1 is 1.33 bits per heavy atom. The Balaban J connectivity index is 2.40. The smallest absolute Gasteiger partial charge is 0.162 e. The molecule has 1 aliphatic heterocycles. The minimum absolute atomic E-state index is 0.225. The number of alkyl halides is 1. The quantitative estimate of drug-likeness (QED) is 0.849. The van der Waals surface area contributed by atoms with E-state index in [1.807, 2.05) is 0 Å². The lowest BCUT2D eigenvalue weighted by Crippen LogP contribution is -2.15. The van der Waals surface area contributed by atoms with Gasteiger partial charge in [-0.05, 0) is 6.07 Å². The average Bonchev–Trinajstić information content (AvgIpc) is 2.27. The first-order chi connectivity index (χ1) is 7.22. The fourth-order valence-electron chi connectivity index (χ4n) is 1.42. The van der Waals surface area contributed by atoms with Gasteiger partial charge in [-0.25, -0.2) is 4.39 Å². The molecule has 0 amide bonds. The SMILES string of the molecule is OCC(F)c1cc2c(cc1Cl)OCCO2. The lowest BCUT2D eigenvalue weighted by atomic mass is 10.1. The Morgan fingerprint density at radius 2 is 1.93 bits per heavy atom. The van der Waals surface area contributed by atoms with Crippen LogP contribution in [-0.2, 0) is 0 Å². The number of halogens is 2. The van der Waals surface area contributed by atoms with Crippen molar-refractivity contribution in [3.8, 4) is 11.5 Å². The molecular weight excluding hydrogens is 223 g/mol. The van der Waals surface area contributed by atoms with Gasteiger partial charge in [0.15, 0.2) is 11.5 Å². The molecule has 0 fully saturated rings. The third-order valence-corrected chi connectivity index (χ3v) is 2.49. The van der Waals surface area contributed by atoms with E-state index in [4.69, 9.17) is 26.2 Å². The molecule has 15 heavy (non-hydrogen) atoms. The lowest BCUT2D eigenvalue weighted by molar-refractivity contribution is 0.166. The van der Waals surface area contributed by atoms with E-state index in [1.165, 1.54) is 12.1 Å². The van der Waals surface area contributed by atoms with Crippen molar-refractivity contribution in [1.29, 1.82) is 0 Å². The van der Waals surface area contributed by atoms with Crippen LogP contribution in [-0.4, -0.2) is 24.9 Å². The first-order valence-electron chi connectivity index (χ1n) is 4.56. The molecule has 1 N–H and O–H groups in total. The second-order valence-electron chi connectivity index (χ2n) is 3.17. The minimum Gasteiger partial charge on any atom is -0.486 e. The number of aliphatic hydroxyl groups excluding tert-OH is 1. The van der Waals surface area contributed by atoms with Crippen LogP contribution in [0.1, 0.15) is 11.7 Å². The van der Waals surface area contributed by atoms with Gasteiger partial charge in [-0.3, -0.25) is 0 Å². The third kappa shape index (κ3) is 2.01. The molecule has 5 heteroatoms. The van der Waals surface area contributed by atoms with Crippen LogP contribution in [0.2, 0.25) is 5.02 Å². The van der Waals surface area contributed by atoms with Crippen LogP contribution in [0.3, 0.4) is 0 Å². The van der Waals surface area contributed by atoms with Crippen molar-refractivity contribution in [3.05, 3.63) is 22.7 Å². The molecule has 1 heterocycles. The van der Waals surface area contributed by atoms with Crippen molar-refractivity contribution in [2.45, 2.75) is 6.17 Å². The number of ether oxygens (including phenoxy) is 2. The topological polar surface area (TPSA) is 38.7 Å². The molecule has 0 saturated carbocycles. The standard InChI is InChI=1S/C10H10ClFO3/c11-7-4-10-9(14-1-2-15-10)3-6(7)8(12)5-13/h3-4,8,13H,1-2,5H2. The molecule has 0 radical (unpaired) electrons. The molecule has 0 aliphatic carbocycles. The summed E-state index contributed by atoms with van der Waals surface area (Å²) in [7, 11) is 0. The van der Waals surface area contributed by atoms with Crippen molar-refractivity contribution < 1.29 is 19.0 Å². The summed E-state index contributed by atoms with van der Waals surface area (Å²) < 4.78 is 23.8. The molecule has 1 aromatic rings. The molecular formula is C10H10ClFO3. The maximum atomic E-state index is 13.3. The maximum Gasteiger partial charge on any atom is 0.162 e. The fraction of sp³-hybridized carbons (Fsp3) is 0.400. The minimum atomic E-state index is -1.49. The summed E-state index contributed by atoms with van der Waals surface area (Å²) in [5.74, 6) is 0.983. The van der Waals surface area contributed by atoms with E-state index < -0.39 is 12.8 Å². The Hall–Kier alpha value is -1.00. The molecule has 0 bridgehead atoms. The molecule has 2 rings (SSSR count). The average molecular weight is 233 g/mol. The van der Waals surface area contributed by atoms with Crippen molar-refractivity contribution in [2.24, 2.45) is 0 Å². The molecule has 0 spiro atoms. The van der Waals surface area contributed by atoms with Gasteiger partial charge in [0.25, 0.3) is 0 Å². The van der Waals surface area contributed by atoms with E-state index in [0.29, 0.717) is 24.7 Å². The van der Waals surface area contributed by atoms with E-state index in [-0.39, 0.29) is 10.6 Å². The summed E-state index contributed by atoms with van der Waals surface area (Å²) in [6.45, 7) is 0.297. The Bertz CT molecular complexity index is 370. The predicted molar refractivity (Wildman–Crippen MR) is 53.4 cm³/mol. The Morgan fingerprint density at radius 3 is 2.53 bits per heavy atom. The summed E-state index contributed by atoms with van der Waals surface area (Å²) in [6, 6.07) is 2.98. The van der Waals surface area contributed by atoms with E-state index in [1.54, 1.807) is 0 Å². The highest BCUT2D eigenvalue weighted by Crippen LogP contribution is 2.38. The highest BCUT2D eigenvalue weighted by atomic mass is 35.5. The summed E-state index contributed by atoms with van der Waals surface area (Å²) in [6.07, 6.45) is -1.49. The van der Waals surface area contributed by atoms with Crippen LogP contribution >= 0.6 is 11.6 Å². The number of fused-ring (bicyclic) bond motifs is 1. The number of aliphatic hydroxyl groups is 1. The molecule has 1 atom stereocenters. The second-order valence-corrected chi connectivity index (χ2v) is 3.57. The summed E-state index contributed by atoms with van der Waals surface area (Å²) >= 11 is 5.85. The number of rotatable bonds is 2. The third-order valence-electron chi connectivity index (χ3n) is 2.16. The number of benzene rings is 1. The summed E-state index contributed by atoms with van der Waals surface area (Å²) in [5.41, 5.74) is 0.225. The van der Waals surface area contributed by atoms with Crippen LogP contribution in [0.25, 0.3) is 0 Å². The van der Waals surface area contributed by atoms with E-state index in [9.17, 15) is 4.39 Å². The van der Waals surface area contributed by atoms with Gasteiger partial charge in [-0.15, -0.1) is 0 Å². The predicted octanol–water partition coefficient (Wildman–Crippen LogP) is 2.11. The first kappa shape index (κ1) is 10.5. The second kappa shape index (κ2) is 4.24. The Kier molecular flexibility index (Phi) is 2.98. The van der Waals surface area contributed by atoms with Crippen molar-refractivity contribution in [1.82, 2.24) is 0 Å². The molecule has 1 unspecified atom stereocenters. The molecule has 3 nitrogen and oxygen atoms in total. The van der Waals surface area contributed by atoms with Gasteiger partial charge in [0.2, 0.25) is 0 Å². The van der Waals surface area contributed by atoms with Crippen molar-refractivity contribution in [2.75, 3.05) is 19.8 Å². The van der Waals surface area contributed by atoms with Gasteiger partial charge in [-0.2, -0.15) is 0 Å². The molecule has 82 valence electrons. The van der Waals surface area contributed by atoms with Crippen LogP contribution in [0, 0.1) is 0 Å². The monoisotopic (exact) mass is 232 g/mol. The van der Waals surface area contributed by atoms with Gasteiger partial charge >= 0.3 is 0 Å². The highest BCUT2D eigenvalue weighted by Gasteiger charge is 2.19. The van der Waals surface area contributed by atoms with Gasteiger partial charge in [0.1, 0.15) is 19.4 Å². The molecule has 1 aromatic carbocycles. The highest BCUT2D eigenvalue weighted by molar-refractivity contribution is 6.31. The molecule has 1 aliphatic rings. The van der Waals surface area contributed by atoms with Gasteiger partial charge < -0.3 is 14.6 Å². The van der Waals surface area contributed by atoms with Crippen LogP contribution < -0.4 is 9.47 Å². The van der Waals surface area contributed by atoms with Gasteiger partial charge in [0, 0.05) is 11.6 Å². The van der Waals surface area contributed by atoms with E-state index in [0.717, 1.165) is 0 Å². The Labute approximate surface area is 91.4 Å². The van der Waals surface area contributed by atoms with Crippen LogP contribution in [0.15, 0.2) is 12.1 Å². The van der Waals surface area contributed by atoms with Crippen molar-refractivity contribution in [3.63, 3.8) is 0 Å². The zero-order chi connectivity index (χ0) is 10.8. The normalized spacial score (nSPS) is 16.2. The van der Waals surface area contributed by atoms with Crippen molar-refractivity contribution >= 4 is 11.6 Å². The molecule has 0 saturated heterocycles. The van der Waals surface area contributed by atoms with E-state index in [2.05, 4.69) is 0 Å². The first-order valence-corrected chi connectivity index (χ1v) is 4.94. The fourth-order valence-corrected chi connectivity index (χ4v) is 1.69. The maximum absolute atomic E-state index is 13.3. The largest absolute Gasteiger partial charge is 0.486 e. The van der Waals surface area contributed by atoms with Gasteiger partial charge in [0.05, 0.1) is 11.6 Å². The lowest BCUT2D eigenvalue weighted by Gasteiger charge is -2.20. The van der Waals surface area contributed by atoms with Gasteiger partial charge in [-0.1, -0.05) is 11.6 Å². The van der Waals surface area contributed by atoms with Crippen LogP contribution in [0.4, 0.5) is 4.39 Å². The van der Waals surface area contributed by atoms with E-state index >= 15 is 0 Å². The number of hydrogen-bond donors (Lipinski definition) is 1. The summed E-state index contributed by atoms with van der Waals surface area (Å²) in [4.78, 5) is 0. The summed E-state index contributed by atoms with van der Waals surface area (Å²) in [5, 5.41) is 8.95. The zero-order valence-electron chi connectivity index (χ0n) is 7.87. The van der Waals surface area contributed by atoms with Crippen LogP contribution in [0.5, 0.6) is 11.5 Å².